The topological polar surface area (TPSA) is 92.7 Å². The van der Waals surface area contributed by atoms with Crippen LogP contribution in [-0.2, 0) is 21.3 Å². The Hall–Kier alpha value is -2.75. The summed E-state index contributed by atoms with van der Waals surface area (Å²) >= 11 is 0. The molecular formula is C16H12F3O6S-. The number of benzene rings is 2. The minimum Gasteiger partial charge on any atom is -0.550 e. The van der Waals surface area contributed by atoms with Crippen LogP contribution in [0, 0.1) is 0 Å². The predicted octanol–water partition coefficient (Wildman–Crippen LogP) is 2.04. The van der Waals surface area contributed by atoms with E-state index < -0.39 is 28.2 Å². The van der Waals surface area contributed by atoms with Crippen molar-refractivity contribution in [1.82, 2.24) is 0 Å². The Morgan fingerprint density at radius 1 is 1.04 bits per heavy atom. The molecule has 6 nitrogen and oxygen atoms in total. The lowest BCUT2D eigenvalue weighted by atomic mass is 10.1. The minimum atomic E-state index is -4.89. The maximum atomic E-state index is 12.3. The number of hydrogen-bond acceptors (Lipinski definition) is 6. The SMILES string of the molecule is O=C([O-])CCc1ccccc1OS(=O)(=O)c1ccc(OC(F)(F)F)cc1. The molecule has 0 aromatic heterocycles. The molecule has 0 radical (unpaired) electrons. The van der Waals surface area contributed by atoms with E-state index in [4.69, 9.17) is 4.18 Å². The molecule has 0 fully saturated rings. The van der Waals surface area contributed by atoms with E-state index in [9.17, 15) is 31.5 Å². The lowest BCUT2D eigenvalue weighted by Crippen LogP contribution is -2.22. The van der Waals surface area contributed by atoms with Gasteiger partial charge in [0.15, 0.2) is 0 Å². The minimum absolute atomic E-state index is 0.00755. The number of carbonyl (C=O) groups excluding carboxylic acids is 1. The van der Waals surface area contributed by atoms with Crippen molar-refractivity contribution in [3.8, 4) is 11.5 Å². The molecule has 0 amide bonds. The molecular weight excluding hydrogens is 377 g/mol. The monoisotopic (exact) mass is 389 g/mol. The maximum Gasteiger partial charge on any atom is 0.573 e. The van der Waals surface area contributed by atoms with Crippen molar-refractivity contribution >= 4 is 16.1 Å². The summed E-state index contributed by atoms with van der Waals surface area (Å²) in [5, 5.41) is 10.6. The first-order valence-electron chi connectivity index (χ1n) is 7.15. The molecule has 0 aliphatic carbocycles. The quantitative estimate of drug-likeness (QED) is 0.673. The molecule has 0 bridgehead atoms. The zero-order valence-electron chi connectivity index (χ0n) is 13.0. The van der Waals surface area contributed by atoms with E-state index in [0.717, 1.165) is 24.3 Å². The van der Waals surface area contributed by atoms with E-state index >= 15 is 0 Å². The third-order valence-electron chi connectivity index (χ3n) is 3.12. The van der Waals surface area contributed by atoms with Crippen LogP contribution in [0.4, 0.5) is 13.2 Å². The van der Waals surface area contributed by atoms with Gasteiger partial charge in [0.1, 0.15) is 16.4 Å². The van der Waals surface area contributed by atoms with Crippen LogP contribution in [0.5, 0.6) is 11.5 Å². The molecule has 0 saturated carbocycles. The summed E-state index contributed by atoms with van der Waals surface area (Å²) in [5.74, 6) is -1.96. The van der Waals surface area contributed by atoms with Gasteiger partial charge < -0.3 is 18.8 Å². The highest BCUT2D eigenvalue weighted by molar-refractivity contribution is 7.87. The lowest BCUT2D eigenvalue weighted by molar-refractivity contribution is -0.305. The van der Waals surface area contributed by atoms with Crippen LogP contribution < -0.4 is 14.0 Å². The van der Waals surface area contributed by atoms with E-state index in [1.807, 2.05) is 0 Å². The van der Waals surface area contributed by atoms with Crippen molar-refractivity contribution in [1.29, 1.82) is 0 Å². The van der Waals surface area contributed by atoms with Gasteiger partial charge in [0.2, 0.25) is 0 Å². The summed E-state index contributed by atoms with van der Waals surface area (Å²) in [5.41, 5.74) is 0.331. The molecule has 26 heavy (non-hydrogen) atoms. The van der Waals surface area contributed by atoms with E-state index in [0.29, 0.717) is 5.56 Å². The number of carboxylic acid groups (broad SMARTS) is 1. The molecule has 0 N–H and O–H groups in total. The first-order valence-corrected chi connectivity index (χ1v) is 8.56. The highest BCUT2D eigenvalue weighted by Crippen LogP contribution is 2.27. The maximum absolute atomic E-state index is 12.3. The average molecular weight is 389 g/mol. The number of carbonyl (C=O) groups is 1. The summed E-state index contributed by atoms with van der Waals surface area (Å²) < 4.78 is 69.6. The molecule has 0 unspecified atom stereocenters. The van der Waals surface area contributed by atoms with Crippen molar-refractivity contribution in [3.63, 3.8) is 0 Å². The Labute approximate surface area is 146 Å². The number of halogens is 3. The molecule has 0 atom stereocenters. The second-order valence-corrected chi connectivity index (χ2v) is 6.58. The largest absolute Gasteiger partial charge is 0.573 e. The number of hydrogen-bond donors (Lipinski definition) is 0. The number of carboxylic acids is 1. The first-order chi connectivity index (χ1) is 12.1. The standard InChI is InChI=1S/C16H13F3O6S/c17-16(18,19)24-12-6-8-13(9-7-12)26(22,23)25-14-4-2-1-3-11(14)5-10-15(20)21/h1-4,6-9H,5,10H2,(H,20,21)/p-1. The van der Waals surface area contributed by atoms with Gasteiger partial charge in [0.05, 0.1) is 0 Å². The zero-order chi connectivity index (χ0) is 19.4. The summed E-state index contributed by atoms with van der Waals surface area (Å²) in [6, 6.07) is 9.39. The molecule has 10 heteroatoms. The molecule has 2 rings (SSSR count). The predicted molar refractivity (Wildman–Crippen MR) is 80.7 cm³/mol. The van der Waals surface area contributed by atoms with Gasteiger partial charge in [-0.2, -0.15) is 8.42 Å². The second-order valence-electron chi connectivity index (χ2n) is 5.04. The Bertz CT molecular complexity index is 876. The van der Waals surface area contributed by atoms with Gasteiger partial charge in [-0.05, 0) is 48.7 Å². The molecule has 2 aromatic rings. The Balaban J connectivity index is 2.20. The van der Waals surface area contributed by atoms with Gasteiger partial charge in [0, 0.05) is 5.97 Å². The smallest absolute Gasteiger partial charge is 0.550 e. The van der Waals surface area contributed by atoms with Crippen LogP contribution in [0.2, 0.25) is 0 Å². The van der Waals surface area contributed by atoms with Gasteiger partial charge in [-0.15, -0.1) is 13.2 Å². The van der Waals surface area contributed by atoms with Crippen molar-refractivity contribution in [2.45, 2.75) is 24.1 Å². The first kappa shape index (κ1) is 19.6. The van der Waals surface area contributed by atoms with Crippen molar-refractivity contribution < 1.29 is 40.4 Å². The Kier molecular flexibility index (Phi) is 5.76. The Morgan fingerprint density at radius 3 is 2.23 bits per heavy atom. The number of para-hydroxylation sites is 1. The van der Waals surface area contributed by atoms with Gasteiger partial charge in [-0.3, -0.25) is 0 Å². The molecule has 0 aliphatic heterocycles. The number of alkyl halides is 3. The van der Waals surface area contributed by atoms with E-state index in [1.54, 1.807) is 6.07 Å². The number of rotatable bonds is 7. The summed E-state index contributed by atoms with van der Waals surface area (Å²) in [4.78, 5) is 10.2. The van der Waals surface area contributed by atoms with E-state index in [2.05, 4.69) is 4.74 Å². The van der Waals surface area contributed by atoms with Crippen LogP contribution in [0.1, 0.15) is 12.0 Å². The fourth-order valence-corrected chi connectivity index (χ4v) is 2.97. The molecule has 140 valence electrons. The summed E-state index contributed by atoms with van der Waals surface area (Å²) in [6.45, 7) is 0. The molecule has 0 aliphatic rings. The summed E-state index contributed by atoms with van der Waals surface area (Å²) in [6.07, 6.45) is -5.23. The molecule has 0 heterocycles. The van der Waals surface area contributed by atoms with Crippen molar-refractivity contribution in [2.24, 2.45) is 0 Å². The zero-order valence-corrected chi connectivity index (χ0v) is 13.8. The summed E-state index contributed by atoms with van der Waals surface area (Å²) in [7, 11) is -4.33. The van der Waals surface area contributed by atoms with Gasteiger partial charge in [-0.25, -0.2) is 0 Å². The lowest BCUT2D eigenvalue weighted by Gasteiger charge is -2.12. The third-order valence-corrected chi connectivity index (χ3v) is 4.37. The number of ether oxygens (including phenoxy) is 1. The van der Waals surface area contributed by atoms with Gasteiger partial charge in [-0.1, -0.05) is 18.2 Å². The van der Waals surface area contributed by atoms with E-state index in [-0.39, 0.29) is 23.5 Å². The van der Waals surface area contributed by atoms with Crippen LogP contribution in [0.3, 0.4) is 0 Å². The van der Waals surface area contributed by atoms with Crippen molar-refractivity contribution in [3.05, 3.63) is 54.1 Å². The van der Waals surface area contributed by atoms with Gasteiger partial charge >= 0.3 is 16.5 Å². The fraction of sp³-hybridized carbons (Fsp3) is 0.188. The highest BCUT2D eigenvalue weighted by atomic mass is 32.2. The van der Waals surface area contributed by atoms with Crippen LogP contribution in [-0.4, -0.2) is 20.7 Å². The fourth-order valence-electron chi connectivity index (χ4n) is 2.00. The van der Waals surface area contributed by atoms with E-state index in [1.165, 1.54) is 18.2 Å². The number of aryl methyl sites for hydroxylation is 1. The van der Waals surface area contributed by atoms with Crippen molar-refractivity contribution in [2.75, 3.05) is 0 Å². The normalized spacial score (nSPS) is 11.8. The van der Waals surface area contributed by atoms with Crippen LogP contribution in [0.15, 0.2) is 53.4 Å². The average Bonchev–Trinajstić information content (AvgIpc) is 2.52. The molecule has 0 spiro atoms. The molecule has 2 aromatic carbocycles. The molecule has 0 saturated heterocycles. The second kappa shape index (κ2) is 7.65. The van der Waals surface area contributed by atoms with Crippen LogP contribution in [0.25, 0.3) is 0 Å². The van der Waals surface area contributed by atoms with Gasteiger partial charge in [0.25, 0.3) is 0 Å². The van der Waals surface area contributed by atoms with Crippen LogP contribution >= 0.6 is 0 Å². The highest BCUT2D eigenvalue weighted by Gasteiger charge is 2.31. The Morgan fingerprint density at radius 2 is 1.65 bits per heavy atom. The third kappa shape index (κ3) is 5.66. The number of aliphatic carboxylic acids is 1.